The number of carbonyl (C=O) groups excluding carboxylic acids is 1. The molecule has 0 saturated carbocycles. The zero-order valence-electron chi connectivity index (χ0n) is 20.7. The fourth-order valence-corrected chi connectivity index (χ4v) is 5.36. The first-order chi connectivity index (χ1) is 17.6. The van der Waals surface area contributed by atoms with Crippen LogP contribution in [-0.2, 0) is 13.0 Å². The quantitative estimate of drug-likeness (QED) is 0.362. The third-order valence-electron chi connectivity index (χ3n) is 7.40. The fraction of sp³-hybridized carbons (Fsp3) is 0.290. The van der Waals surface area contributed by atoms with Gasteiger partial charge in [0.05, 0.1) is 12.1 Å². The Balaban J connectivity index is 1.17. The van der Waals surface area contributed by atoms with E-state index in [4.69, 9.17) is 9.72 Å². The number of aryl methyl sites for hydroxylation is 2. The van der Waals surface area contributed by atoms with Gasteiger partial charge in [0.2, 0.25) is 0 Å². The number of anilines is 1. The maximum atomic E-state index is 13.0. The minimum atomic E-state index is -0.117. The summed E-state index contributed by atoms with van der Waals surface area (Å²) < 4.78 is 5.73. The lowest BCUT2D eigenvalue weighted by Crippen LogP contribution is -2.18. The molecule has 5 heteroatoms. The molecule has 182 valence electrons. The van der Waals surface area contributed by atoms with Crippen molar-refractivity contribution in [2.75, 3.05) is 25.0 Å². The van der Waals surface area contributed by atoms with Crippen LogP contribution in [0.2, 0.25) is 0 Å². The molecule has 0 bridgehead atoms. The molecule has 0 spiro atoms. The summed E-state index contributed by atoms with van der Waals surface area (Å²) in [5, 5.41) is 4.20. The first-order valence-electron chi connectivity index (χ1n) is 12.9. The standard InChI is InChI=1S/C31H31N3O2/c1-21-28(12-10-27-17-22(19-32-30(21)27)20-34-14-2-3-15-34)33-31(35)24-8-6-23(7-9-24)25-11-13-29-26(18-25)5-4-16-36-29/h6-13,17-19H,2-5,14-16,20H2,1H3,(H,33,35). The van der Waals surface area contributed by atoms with E-state index >= 15 is 0 Å². The molecule has 3 heterocycles. The molecule has 1 amide bonds. The predicted octanol–water partition coefficient (Wildman–Crippen LogP) is 6.38. The van der Waals surface area contributed by atoms with E-state index in [1.165, 1.54) is 37.1 Å². The maximum absolute atomic E-state index is 13.0. The van der Waals surface area contributed by atoms with Crippen LogP contribution in [0.15, 0.2) is 66.9 Å². The van der Waals surface area contributed by atoms with Gasteiger partial charge in [-0.3, -0.25) is 14.7 Å². The molecule has 2 aliphatic heterocycles. The summed E-state index contributed by atoms with van der Waals surface area (Å²) in [4.78, 5) is 20.3. The number of hydrogen-bond donors (Lipinski definition) is 1. The van der Waals surface area contributed by atoms with Gasteiger partial charge in [-0.25, -0.2) is 0 Å². The van der Waals surface area contributed by atoms with Crippen molar-refractivity contribution in [1.82, 2.24) is 9.88 Å². The van der Waals surface area contributed by atoms with E-state index in [2.05, 4.69) is 40.5 Å². The van der Waals surface area contributed by atoms with E-state index in [-0.39, 0.29) is 5.91 Å². The second-order valence-corrected chi connectivity index (χ2v) is 9.94. The van der Waals surface area contributed by atoms with Crippen molar-refractivity contribution in [1.29, 1.82) is 0 Å². The van der Waals surface area contributed by atoms with E-state index in [1.54, 1.807) is 0 Å². The summed E-state index contributed by atoms with van der Waals surface area (Å²) >= 11 is 0. The lowest BCUT2D eigenvalue weighted by molar-refractivity contribution is 0.102. The van der Waals surface area contributed by atoms with Crippen molar-refractivity contribution in [3.05, 3.63) is 89.1 Å². The smallest absolute Gasteiger partial charge is 0.255 e. The highest BCUT2D eigenvalue weighted by Gasteiger charge is 2.15. The number of nitrogens with one attached hydrogen (secondary N) is 1. The third-order valence-corrected chi connectivity index (χ3v) is 7.40. The van der Waals surface area contributed by atoms with Gasteiger partial charge >= 0.3 is 0 Å². The number of ether oxygens (including phenoxy) is 1. The lowest BCUT2D eigenvalue weighted by Gasteiger charge is -2.18. The number of amides is 1. The highest BCUT2D eigenvalue weighted by Crippen LogP contribution is 2.31. The zero-order valence-corrected chi connectivity index (χ0v) is 20.7. The number of hydrogen-bond acceptors (Lipinski definition) is 4. The molecule has 1 N–H and O–H groups in total. The normalized spacial score (nSPS) is 15.5. The number of nitrogens with zero attached hydrogens (tertiary/aromatic N) is 2. The Kier molecular flexibility index (Phi) is 6.16. The average molecular weight is 478 g/mol. The topological polar surface area (TPSA) is 54.5 Å². The van der Waals surface area contributed by atoms with Gasteiger partial charge in [0, 0.05) is 29.4 Å². The molecule has 0 radical (unpaired) electrons. The van der Waals surface area contributed by atoms with Gasteiger partial charge in [0.25, 0.3) is 5.91 Å². The predicted molar refractivity (Wildman–Crippen MR) is 145 cm³/mol. The van der Waals surface area contributed by atoms with Crippen LogP contribution in [-0.4, -0.2) is 35.5 Å². The van der Waals surface area contributed by atoms with Crippen LogP contribution in [0.3, 0.4) is 0 Å². The number of aromatic nitrogens is 1. The Bertz CT molecular complexity index is 1420. The fourth-order valence-electron chi connectivity index (χ4n) is 5.36. The third kappa shape index (κ3) is 4.59. The minimum Gasteiger partial charge on any atom is -0.493 e. The second-order valence-electron chi connectivity index (χ2n) is 9.94. The first-order valence-corrected chi connectivity index (χ1v) is 12.9. The lowest BCUT2D eigenvalue weighted by atomic mass is 9.98. The Labute approximate surface area is 212 Å². The molecule has 36 heavy (non-hydrogen) atoms. The maximum Gasteiger partial charge on any atom is 0.255 e. The average Bonchev–Trinajstić information content (AvgIpc) is 3.43. The van der Waals surface area contributed by atoms with Gasteiger partial charge in [-0.05, 0) is 110 Å². The van der Waals surface area contributed by atoms with E-state index in [9.17, 15) is 4.79 Å². The number of fused-ring (bicyclic) bond motifs is 2. The van der Waals surface area contributed by atoms with E-state index in [0.29, 0.717) is 5.56 Å². The Hall–Kier alpha value is -3.70. The van der Waals surface area contributed by atoms with E-state index in [1.807, 2.05) is 43.5 Å². The van der Waals surface area contributed by atoms with E-state index in [0.717, 1.165) is 65.0 Å². The molecule has 6 rings (SSSR count). The molecule has 1 aromatic heterocycles. The molecule has 0 atom stereocenters. The number of likely N-dealkylation sites (tertiary alicyclic amines) is 1. The Morgan fingerprint density at radius 2 is 1.78 bits per heavy atom. The summed E-state index contributed by atoms with van der Waals surface area (Å²) in [5.41, 5.74) is 8.09. The van der Waals surface area contributed by atoms with Crippen molar-refractivity contribution in [2.45, 2.75) is 39.2 Å². The van der Waals surface area contributed by atoms with Gasteiger partial charge in [-0.1, -0.05) is 24.3 Å². The Morgan fingerprint density at radius 1 is 0.972 bits per heavy atom. The van der Waals surface area contributed by atoms with Crippen molar-refractivity contribution in [2.24, 2.45) is 0 Å². The monoisotopic (exact) mass is 477 g/mol. The van der Waals surface area contributed by atoms with Gasteiger partial charge in [0.1, 0.15) is 5.75 Å². The number of rotatable bonds is 5. The van der Waals surface area contributed by atoms with Gasteiger partial charge in [-0.2, -0.15) is 0 Å². The highest BCUT2D eigenvalue weighted by molar-refractivity contribution is 6.06. The molecule has 3 aromatic carbocycles. The van der Waals surface area contributed by atoms with Crippen LogP contribution in [0, 0.1) is 6.92 Å². The van der Waals surface area contributed by atoms with Gasteiger partial charge < -0.3 is 10.1 Å². The van der Waals surface area contributed by atoms with Gasteiger partial charge in [-0.15, -0.1) is 0 Å². The molecule has 4 aromatic rings. The van der Waals surface area contributed by atoms with Crippen LogP contribution in [0.5, 0.6) is 5.75 Å². The van der Waals surface area contributed by atoms with Gasteiger partial charge in [0.15, 0.2) is 0 Å². The molecule has 2 aliphatic rings. The summed E-state index contributed by atoms with van der Waals surface area (Å²) in [6.07, 6.45) is 6.65. The van der Waals surface area contributed by atoms with Crippen molar-refractivity contribution >= 4 is 22.5 Å². The minimum absolute atomic E-state index is 0.117. The number of pyridine rings is 1. The molecular weight excluding hydrogens is 446 g/mol. The van der Waals surface area contributed by atoms with Crippen LogP contribution >= 0.6 is 0 Å². The number of benzene rings is 3. The molecule has 1 saturated heterocycles. The zero-order chi connectivity index (χ0) is 24.5. The number of carbonyl (C=O) groups is 1. The molecule has 0 aliphatic carbocycles. The molecular formula is C31H31N3O2. The van der Waals surface area contributed by atoms with Crippen molar-refractivity contribution in [3.63, 3.8) is 0 Å². The van der Waals surface area contributed by atoms with Crippen LogP contribution in [0.1, 0.15) is 46.3 Å². The van der Waals surface area contributed by atoms with Crippen LogP contribution in [0.4, 0.5) is 5.69 Å². The van der Waals surface area contributed by atoms with Crippen molar-refractivity contribution < 1.29 is 9.53 Å². The van der Waals surface area contributed by atoms with E-state index < -0.39 is 0 Å². The molecule has 1 fully saturated rings. The highest BCUT2D eigenvalue weighted by atomic mass is 16.5. The molecule has 5 nitrogen and oxygen atoms in total. The largest absolute Gasteiger partial charge is 0.493 e. The second kappa shape index (κ2) is 9.75. The molecule has 0 unspecified atom stereocenters. The summed E-state index contributed by atoms with van der Waals surface area (Å²) in [7, 11) is 0. The summed E-state index contributed by atoms with van der Waals surface area (Å²) in [6, 6.07) is 20.4. The van der Waals surface area contributed by atoms with Crippen molar-refractivity contribution in [3.8, 4) is 16.9 Å². The van der Waals surface area contributed by atoms with Crippen LogP contribution < -0.4 is 10.1 Å². The summed E-state index contributed by atoms with van der Waals surface area (Å²) in [6.45, 7) is 6.11. The summed E-state index contributed by atoms with van der Waals surface area (Å²) in [5.74, 6) is 0.873. The SMILES string of the molecule is Cc1c(NC(=O)c2ccc(-c3ccc4c(c3)CCCO4)cc2)ccc2cc(CN3CCCC3)cnc12. The first kappa shape index (κ1) is 22.7. The van der Waals surface area contributed by atoms with Crippen LogP contribution in [0.25, 0.3) is 22.0 Å². The Morgan fingerprint density at radius 3 is 2.61 bits per heavy atom.